The summed E-state index contributed by atoms with van der Waals surface area (Å²) >= 11 is 0. The number of carbonyl (C=O) groups is 1. The van der Waals surface area contributed by atoms with E-state index >= 15 is 0 Å². The summed E-state index contributed by atoms with van der Waals surface area (Å²) in [4.78, 5) is 20.0. The maximum Gasteiger partial charge on any atom is 0.324 e. The molecule has 1 amide bonds. The van der Waals surface area contributed by atoms with Crippen LogP contribution in [0.2, 0.25) is 0 Å². The zero-order valence-corrected chi connectivity index (χ0v) is 12.9. The maximum absolute atomic E-state index is 13.6. The van der Waals surface area contributed by atoms with Gasteiger partial charge in [-0.05, 0) is 24.3 Å². The van der Waals surface area contributed by atoms with Crippen molar-refractivity contribution < 1.29 is 22.7 Å². The van der Waals surface area contributed by atoms with Crippen LogP contribution in [0.3, 0.4) is 0 Å². The van der Waals surface area contributed by atoms with Crippen molar-refractivity contribution in [2.75, 3.05) is 5.32 Å². The molecule has 3 heterocycles. The molecule has 2 N–H and O–H groups in total. The van der Waals surface area contributed by atoms with Crippen molar-refractivity contribution in [3.63, 3.8) is 0 Å². The first-order chi connectivity index (χ1) is 12.6. The Labute approximate surface area is 143 Å². The molecule has 0 aliphatic heterocycles. The van der Waals surface area contributed by atoms with E-state index in [1.165, 1.54) is 18.5 Å². The van der Waals surface area contributed by atoms with E-state index < -0.39 is 17.5 Å². The van der Waals surface area contributed by atoms with Gasteiger partial charge >= 0.3 is 6.01 Å². The maximum atomic E-state index is 13.6. The van der Waals surface area contributed by atoms with E-state index in [0.717, 1.165) is 12.1 Å². The van der Waals surface area contributed by atoms with Crippen LogP contribution in [0, 0.1) is 11.6 Å². The predicted molar refractivity (Wildman–Crippen MR) is 84.8 cm³/mol. The lowest BCUT2D eigenvalue weighted by molar-refractivity contribution is 0.0996. The fourth-order valence-corrected chi connectivity index (χ4v) is 2.17. The first-order valence-electron chi connectivity index (χ1n) is 7.29. The van der Waals surface area contributed by atoms with E-state index in [9.17, 15) is 13.6 Å². The zero-order chi connectivity index (χ0) is 18.1. The Bertz CT molecular complexity index is 1090. The van der Waals surface area contributed by atoms with Crippen molar-refractivity contribution >= 4 is 22.8 Å². The van der Waals surface area contributed by atoms with Gasteiger partial charge in [0.1, 0.15) is 5.82 Å². The van der Waals surface area contributed by atoms with Gasteiger partial charge in [-0.15, -0.1) is 0 Å². The Kier molecular flexibility index (Phi) is 3.77. The molecule has 0 unspecified atom stereocenters. The van der Waals surface area contributed by atoms with Gasteiger partial charge in [0.25, 0.3) is 5.91 Å². The van der Waals surface area contributed by atoms with Gasteiger partial charge in [0.05, 0.1) is 11.6 Å². The molecule has 10 heteroatoms. The lowest BCUT2D eigenvalue weighted by Gasteiger charge is -2.04. The SMILES string of the molecule is O=C(Nc1n[nH]c2nc(Oc3ccc(F)cc3F)ncc12)c1ccco1. The number of hydrogen-bond donors (Lipinski definition) is 2. The molecule has 0 spiro atoms. The number of anilines is 1. The smallest absolute Gasteiger partial charge is 0.324 e. The molecule has 0 bridgehead atoms. The van der Waals surface area contributed by atoms with Crippen LogP contribution in [0.25, 0.3) is 11.0 Å². The van der Waals surface area contributed by atoms with Crippen molar-refractivity contribution in [3.05, 3.63) is 60.2 Å². The van der Waals surface area contributed by atoms with Crippen LogP contribution in [0.5, 0.6) is 11.8 Å². The van der Waals surface area contributed by atoms with Gasteiger partial charge in [0.15, 0.2) is 28.8 Å². The number of amides is 1. The third-order valence-electron chi connectivity index (χ3n) is 3.37. The average molecular weight is 357 g/mol. The van der Waals surface area contributed by atoms with Crippen molar-refractivity contribution in [3.8, 4) is 11.8 Å². The van der Waals surface area contributed by atoms with Gasteiger partial charge in [0, 0.05) is 12.3 Å². The number of benzene rings is 1. The van der Waals surface area contributed by atoms with E-state index in [0.29, 0.717) is 11.5 Å². The number of aromatic nitrogens is 4. The average Bonchev–Trinajstić information content (AvgIpc) is 3.28. The monoisotopic (exact) mass is 357 g/mol. The Balaban J connectivity index is 1.58. The number of ether oxygens (including phenoxy) is 1. The highest BCUT2D eigenvalue weighted by Gasteiger charge is 2.15. The number of hydrogen-bond acceptors (Lipinski definition) is 6. The van der Waals surface area contributed by atoms with Gasteiger partial charge in [-0.2, -0.15) is 10.1 Å². The minimum Gasteiger partial charge on any atom is -0.459 e. The second-order valence-electron chi connectivity index (χ2n) is 5.10. The van der Waals surface area contributed by atoms with Crippen LogP contribution in [0.15, 0.2) is 47.2 Å². The molecule has 0 saturated carbocycles. The molecule has 0 aliphatic carbocycles. The standard InChI is InChI=1S/C16H9F2N5O3/c17-8-3-4-11(10(18)6-8)26-16-19-7-9-13(22-23-14(9)21-16)20-15(24)12-2-1-5-25-12/h1-7H,(H2,19,20,21,22,23,24). The van der Waals surface area contributed by atoms with Gasteiger partial charge in [-0.3, -0.25) is 9.89 Å². The fraction of sp³-hybridized carbons (Fsp3) is 0. The molecule has 0 aliphatic rings. The summed E-state index contributed by atoms with van der Waals surface area (Å²) in [5.74, 6) is -2.01. The Morgan fingerprint density at radius 1 is 1.27 bits per heavy atom. The predicted octanol–water partition coefficient (Wildman–Crippen LogP) is 3.27. The minimum atomic E-state index is -0.885. The van der Waals surface area contributed by atoms with Crippen LogP contribution in [0.1, 0.15) is 10.6 Å². The molecule has 26 heavy (non-hydrogen) atoms. The largest absolute Gasteiger partial charge is 0.459 e. The molecule has 0 fully saturated rings. The van der Waals surface area contributed by atoms with Crippen LogP contribution in [0.4, 0.5) is 14.6 Å². The molecule has 1 aromatic carbocycles. The summed E-state index contributed by atoms with van der Waals surface area (Å²) in [6.07, 6.45) is 2.72. The molecule has 4 aromatic rings. The lowest BCUT2D eigenvalue weighted by Crippen LogP contribution is -2.11. The quantitative estimate of drug-likeness (QED) is 0.581. The summed E-state index contributed by atoms with van der Waals surface area (Å²) in [6.45, 7) is 0. The van der Waals surface area contributed by atoms with Crippen molar-refractivity contribution in [2.45, 2.75) is 0 Å². The number of furan rings is 1. The van der Waals surface area contributed by atoms with E-state index in [1.807, 2.05) is 0 Å². The molecule has 0 atom stereocenters. The molecule has 0 radical (unpaired) electrons. The third-order valence-corrected chi connectivity index (χ3v) is 3.37. The summed E-state index contributed by atoms with van der Waals surface area (Å²) < 4.78 is 36.8. The number of carbonyl (C=O) groups excluding carboxylic acids is 1. The van der Waals surface area contributed by atoms with E-state index in [-0.39, 0.29) is 29.0 Å². The second-order valence-corrected chi connectivity index (χ2v) is 5.10. The number of nitrogens with zero attached hydrogens (tertiary/aromatic N) is 3. The second kappa shape index (κ2) is 6.24. The zero-order valence-electron chi connectivity index (χ0n) is 12.9. The molecular formula is C16H9F2N5O3. The van der Waals surface area contributed by atoms with Gasteiger partial charge in [-0.1, -0.05) is 0 Å². The van der Waals surface area contributed by atoms with Crippen molar-refractivity contribution in [1.29, 1.82) is 0 Å². The van der Waals surface area contributed by atoms with Crippen molar-refractivity contribution in [2.24, 2.45) is 0 Å². The van der Waals surface area contributed by atoms with Gasteiger partial charge in [0.2, 0.25) is 0 Å². The molecular weight excluding hydrogens is 348 g/mol. The Morgan fingerprint density at radius 2 is 2.15 bits per heavy atom. The highest BCUT2D eigenvalue weighted by molar-refractivity contribution is 6.05. The van der Waals surface area contributed by atoms with E-state index in [4.69, 9.17) is 9.15 Å². The van der Waals surface area contributed by atoms with Crippen LogP contribution in [-0.4, -0.2) is 26.1 Å². The molecule has 8 nitrogen and oxygen atoms in total. The summed E-state index contributed by atoms with van der Waals surface area (Å²) in [7, 11) is 0. The topological polar surface area (TPSA) is 106 Å². The van der Waals surface area contributed by atoms with Crippen LogP contribution < -0.4 is 10.1 Å². The lowest BCUT2D eigenvalue weighted by atomic mass is 10.3. The minimum absolute atomic E-state index is 0.119. The Hall–Kier alpha value is -3.82. The molecule has 4 rings (SSSR count). The van der Waals surface area contributed by atoms with E-state index in [2.05, 4.69) is 25.5 Å². The normalized spacial score (nSPS) is 10.8. The summed E-state index contributed by atoms with van der Waals surface area (Å²) in [6, 6.07) is 5.78. The van der Waals surface area contributed by atoms with Crippen molar-refractivity contribution in [1.82, 2.24) is 20.2 Å². The van der Waals surface area contributed by atoms with Gasteiger partial charge < -0.3 is 14.5 Å². The third kappa shape index (κ3) is 2.95. The van der Waals surface area contributed by atoms with Crippen LogP contribution in [-0.2, 0) is 0 Å². The van der Waals surface area contributed by atoms with Crippen LogP contribution >= 0.6 is 0 Å². The highest BCUT2D eigenvalue weighted by atomic mass is 19.1. The number of nitrogens with one attached hydrogen (secondary N) is 2. The Morgan fingerprint density at radius 3 is 2.92 bits per heavy atom. The molecule has 3 aromatic heterocycles. The molecule has 0 saturated heterocycles. The number of fused-ring (bicyclic) bond motifs is 1. The summed E-state index contributed by atoms with van der Waals surface area (Å²) in [5, 5.41) is 9.52. The van der Waals surface area contributed by atoms with Gasteiger partial charge in [-0.25, -0.2) is 13.8 Å². The number of H-pyrrole nitrogens is 1. The van der Waals surface area contributed by atoms with E-state index in [1.54, 1.807) is 6.07 Å². The molecule has 130 valence electrons. The first kappa shape index (κ1) is 15.7. The summed E-state index contributed by atoms with van der Waals surface area (Å²) in [5.41, 5.74) is 0.257. The highest BCUT2D eigenvalue weighted by Crippen LogP contribution is 2.25. The fourth-order valence-electron chi connectivity index (χ4n) is 2.17. The number of rotatable bonds is 4. The number of aromatic amines is 1. The number of halogens is 2. The first-order valence-corrected chi connectivity index (χ1v) is 7.29.